The molecule has 0 aliphatic heterocycles. The second-order valence-electron chi connectivity index (χ2n) is 15.6. The molecule has 0 unspecified atom stereocenters. The molecule has 5 heterocycles. The Bertz CT molecular complexity index is 3910. The molecule has 0 spiro atoms. The van der Waals surface area contributed by atoms with Crippen LogP contribution in [0.2, 0.25) is 0 Å². The van der Waals surface area contributed by atoms with E-state index in [4.69, 9.17) is 33.8 Å². The predicted molar refractivity (Wildman–Crippen MR) is 251 cm³/mol. The average molecular weight is 809 g/mol. The lowest BCUT2D eigenvalue weighted by molar-refractivity contribution is 0.666. The van der Waals surface area contributed by atoms with Crippen LogP contribution in [0.25, 0.3) is 128 Å². The fourth-order valence-corrected chi connectivity index (χ4v) is 8.97. The minimum absolute atomic E-state index is 0.548. The monoisotopic (exact) mass is 808 g/mol. The Morgan fingerprint density at radius 3 is 1.75 bits per heavy atom. The summed E-state index contributed by atoms with van der Waals surface area (Å²) < 4.78 is 15.4. The van der Waals surface area contributed by atoms with E-state index in [1.165, 1.54) is 5.39 Å². The van der Waals surface area contributed by atoms with Crippen molar-refractivity contribution in [1.29, 1.82) is 0 Å². The van der Waals surface area contributed by atoms with Gasteiger partial charge in [0, 0.05) is 60.4 Å². The van der Waals surface area contributed by atoms with E-state index >= 15 is 0 Å². The molecule has 8 nitrogen and oxygen atoms in total. The topological polar surface area (TPSA) is 95.7 Å². The molecule has 0 radical (unpaired) electrons. The number of benzene rings is 8. The van der Waals surface area contributed by atoms with E-state index < -0.39 is 0 Å². The zero-order chi connectivity index (χ0) is 41.4. The fourth-order valence-electron chi connectivity index (χ4n) is 8.97. The van der Waals surface area contributed by atoms with E-state index in [2.05, 4.69) is 89.5 Å². The van der Waals surface area contributed by atoms with Gasteiger partial charge in [0.15, 0.2) is 28.9 Å². The number of nitrogens with zero attached hydrogens (tertiary/aromatic N) is 6. The molecule has 0 amide bonds. The number of aromatic nitrogens is 6. The van der Waals surface area contributed by atoms with Gasteiger partial charge in [0.2, 0.25) is 0 Å². The Morgan fingerprint density at radius 2 is 0.952 bits per heavy atom. The Labute approximate surface area is 359 Å². The van der Waals surface area contributed by atoms with Crippen LogP contribution in [0.3, 0.4) is 0 Å². The molecular formula is C55H32N6O2. The minimum atomic E-state index is 0.548. The maximum atomic E-state index is 6.68. The highest BCUT2D eigenvalue weighted by Crippen LogP contribution is 2.41. The highest BCUT2D eigenvalue weighted by Gasteiger charge is 2.22. The van der Waals surface area contributed by atoms with Gasteiger partial charge in [0.25, 0.3) is 0 Å². The third-order valence-electron chi connectivity index (χ3n) is 11.9. The molecule has 13 rings (SSSR count). The molecule has 0 aliphatic rings. The molecule has 0 atom stereocenters. The molecule has 0 fully saturated rings. The Hall–Kier alpha value is -8.75. The SMILES string of the molecule is c1ccc(-c2nc(-c3ccc4c5ccccc5n(-c5ccccc5)c4c3)nc(-c3cccc4oc5cc(-c6nc(-c7ccccc7)nc7c6oc6ccccc67)ccc5c34)n2)cc1. The van der Waals surface area contributed by atoms with Crippen LogP contribution in [0.15, 0.2) is 203 Å². The Morgan fingerprint density at radius 1 is 0.349 bits per heavy atom. The zero-order valence-corrected chi connectivity index (χ0v) is 33.5. The number of hydrogen-bond acceptors (Lipinski definition) is 7. The molecule has 0 aliphatic carbocycles. The van der Waals surface area contributed by atoms with E-state index in [0.717, 1.165) is 82.8 Å². The highest BCUT2D eigenvalue weighted by molar-refractivity contribution is 6.14. The van der Waals surface area contributed by atoms with Crippen molar-refractivity contribution in [2.24, 2.45) is 0 Å². The van der Waals surface area contributed by atoms with Crippen LogP contribution in [0.1, 0.15) is 0 Å². The lowest BCUT2D eigenvalue weighted by Gasteiger charge is -2.11. The minimum Gasteiger partial charge on any atom is -0.456 e. The van der Waals surface area contributed by atoms with E-state index in [1.54, 1.807) is 0 Å². The number of rotatable bonds is 6. The van der Waals surface area contributed by atoms with Crippen LogP contribution in [0, 0.1) is 0 Å². The average Bonchev–Trinajstić information content (AvgIpc) is 4.03. The first-order valence-corrected chi connectivity index (χ1v) is 20.8. The summed E-state index contributed by atoms with van der Waals surface area (Å²) in [4.78, 5) is 25.7. The largest absolute Gasteiger partial charge is 0.456 e. The zero-order valence-electron chi connectivity index (χ0n) is 33.5. The summed E-state index contributed by atoms with van der Waals surface area (Å²) in [6, 6.07) is 65.8. The van der Waals surface area contributed by atoms with E-state index in [-0.39, 0.29) is 0 Å². The predicted octanol–water partition coefficient (Wildman–Crippen LogP) is 13.9. The summed E-state index contributed by atoms with van der Waals surface area (Å²) in [6.45, 7) is 0. The van der Waals surface area contributed by atoms with Gasteiger partial charge in [-0.05, 0) is 54.6 Å². The van der Waals surface area contributed by atoms with Gasteiger partial charge in [0.1, 0.15) is 28.0 Å². The lowest BCUT2D eigenvalue weighted by atomic mass is 10.0. The summed E-state index contributed by atoms with van der Waals surface area (Å²) >= 11 is 0. The summed E-state index contributed by atoms with van der Waals surface area (Å²) in [5.41, 5.74) is 11.9. The molecule has 0 N–H and O–H groups in total. The van der Waals surface area contributed by atoms with Gasteiger partial charge in [-0.25, -0.2) is 24.9 Å². The lowest BCUT2D eigenvalue weighted by Crippen LogP contribution is -2.00. The molecule has 8 heteroatoms. The van der Waals surface area contributed by atoms with Gasteiger partial charge >= 0.3 is 0 Å². The van der Waals surface area contributed by atoms with Crippen LogP contribution in [-0.4, -0.2) is 29.5 Å². The molecule has 8 aromatic carbocycles. The van der Waals surface area contributed by atoms with Crippen LogP contribution in [0.4, 0.5) is 0 Å². The van der Waals surface area contributed by atoms with Gasteiger partial charge in [-0.1, -0.05) is 140 Å². The highest BCUT2D eigenvalue weighted by atomic mass is 16.3. The summed E-state index contributed by atoms with van der Waals surface area (Å²) in [7, 11) is 0. The quantitative estimate of drug-likeness (QED) is 0.165. The van der Waals surface area contributed by atoms with Gasteiger partial charge < -0.3 is 13.4 Å². The van der Waals surface area contributed by atoms with Crippen LogP contribution in [-0.2, 0) is 0 Å². The first-order chi connectivity index (χ1) is 31.2. The van der Waals surface area contributed by atoms with E-state index in [1.807, 2.05) is 109 Å². The van der Waals surface area contributed by atoms with Crippen molar-refractivity contribution in [2.75, 3.05) is 0 Å². The summed E-state index contributed by atoms with van der Waals surface area (Å²) in [5.74, 6) is 2.33. The van der Waals surface area contributed by atoms with Crippen LogP contribution < -0.4 is 0 Å². The number of para-hydroxylation sites is 3. The van der Waals surface area contributed by atoms with Crippen LogP contribution in [0.5, 0.6) is 0 Å². The van der Waals surface area contributed by atoms with Crippen molar-refractivity contribution < 1.29 is 8.83 Å². The molecular weight excluding hydrogens is 777 g/mol. The van der Waals surface area contributed by atoms with E-state index in [9.17, 15) is 0 Å². The standard InChI is InChI=1S/C55H32N6O2/c1-4-15-33(16-5-1)52-56-49(51-50(57-52)41-22-11-13-25-45(41)63-51)35-27-30-40-47(32-35)62-46-26-14-23-42(48(40)46)55-59-53(34-17-6-2-7-18-34)58-54(60-55)36-28-29-39-38-21-10-12-24-43(38)61(44(39)31-36)37-19-8-3-9-20-37/h1-32H. The van der Waals surface area contributed by atoms with Crippen LogP contribution >= 0.6 is 0 Å². The van der Waals surface area contributed by atoms with Gasteiger partial charge in [-0.2, -0.15) is 0 Å². The maximum Gasteiger partial charge on any atom is 0.180 e. The molecule has 0 bridgehead atoms. The van der Waals surface area contributed by atoms with Crippen molar-refractivity contribution >= 4 is 65.8 Å². The van der Waals surface area contributed by atoms with Crippen molar-refractivity contribution in [3.63, 3.8) is 0 Å². The molecule has 0 saturated carbocycles. The second-order valence-corrected chi connectivity index (χ2v) is 15.6. The smallest absolute Gasteiger partial charge is 0.180 e. The molecule has 5 aromatic heterocycles. The second kappa shape index (κ2) is 13.9. The third-order valence-corrected chi connectivity index (χ3v) is 11.9. The maximum absolute atomic E-state index is 6.68. The Balaban J connectivity index is 0.996. The third kappa shape index (κ3) is 5.66. The number of fused-ring (bicyclic) bond motifs is 9. The normalized spacial score (nSPS) is 11.8. The first kappa shape index (κ1) is 35.0. The molecule has 0 saturated heterocycles. The number of furan rings is 2. The summed E-state index contributed by atoms with van der Waals surface area (Å²) in [6.07, 6.45) is 0. The van der Waals surface area contributed by atoms with Gasteiger partial charge in [-0.15, -0.1) is 0 Å². The summed E-state index contributed by atoms with van der Waals surface area (Å²) in [5, 5.41) is 5.12. The Kier molecular flexibility index (Phi) is 7.74. The molecule has 294 valence electrons. The molecule has 63 heavy (non-hydrogen) atoms. The van der Waals surface area contributed by atoms with Crippen molar-refractivity contribution in [2.45, 2.75) is 0 Å². The first-order valence-electron chi connectivity index (χ1n) is 20.8. The molecule has 13 aromatic rings. The van der Waals surface area contributed by atoms with Crippen molar-refractivity contribution in [3.8, 4) is 62.5 Å². The van der Waals surface area contributed by atoms with Gasteiger partial charge in [-0.3, -0.25) is 0 Å². The van der Waals surface area contributed by atoms with Crippen molar-refractivity contribution in [1.82, 2.24) is 29.5 Å². The number of hydrogen-bond donors (Lipinski definition) is 0. The van der Waals surface area contributed by atoms with Crippen molar-refractivity contribution in [3.05, 3.63) is 194 Å². The fraction of sp³-hybridized carbons (Fsp3) is 0. The van der Waals surface area contributed by atoms with E-state index in [0.29, 0.717) is 40.2 Å². The van der Waals surface area contributed by atoms with Gasteiger partial charge in [0.05, 0.1) is 11.0 Å².